The summed E-state index contributed by atoms with van der Waals surface area (Å²) < 4.78 is 35.8. The number of aromatic nitrogens is 1. The zero-order valence-electron chi connectivity index (χ0n) is 15.5. The van der Waals surface area contributed by atoms with E-state index >= 15 is 0 Å². The van der Waals surface area contributed by atoms with Gasteiger partial charge in [-0.25, -0.2) is 9.37 Å². The molecule has 1 aliphatic rings. The second-order valence-corrected chi connectivity index (χ2v) is 7.69. The van der Waals surface area contributed by atoms with E-state index in [2.05, 4.69) is 15.0 Å². The summed E-state index contributed by atoms with van der Waals surface area (Å²) in [6, 6.07) is 13.8. The molecule has 150 valence electrons. The number of fused-ring (bicyclic) bond motifs is 1. The topological polar surface area (TPSA) is 89.5 Å². The molecule has 0 spiro atoms. The van der Waals surface area contributed by atoms with Gasteiger partial charge in [-0.15, -0.1) is 4.72 Å². The molecule has 29 heavy (non-hydrogen) atoms. The maximum atomic E-state index is 15.0. The maximum absolute atomic E-state index is 15.0. The van der Waals surface area contributed by atoms with E-state index in [1.165, 1.54) is 6.07 Å². The molecule has 0 saturated heterocycles. The third-order valence-electron chi connectivity index (χ3n) is 4.53. The first-order valence-corrected chi connectivity index (χ1v) is 10.3. The highest BCUT2D eigenvalue weighted by Crippen LogP contribution is 2.34. The SMILES string of the molecule is [O-][S+](NCCO)c1ccccc1-c1ccc(-c2cnc3c(c2)OCCN3)c(F)c1. The van der Waals surface area contributed by atoms with E-state index in [1.54, 1.807) is 42.6 Å². The number of hydrogen-bond acceptors (Lipinski definition) is 6. The zero-order chi connectivity index (χ0) is 20.2. The van der Waals surface area contributed by atoms with Crippen LogP contribution in [0.25, 0.3) is 22.3 Å². The Morgan fingerprint density at radius 3 is 2.86 bits per heavy atom. The zero-order valence-corrected chi connectivity index (χ0v) is 16.3. The number of nitrogens with zero attached hydrogens (tertiary/aromatic N) is 1. The summed E-state index contributed by atoms with van der Waals surface area (Å²) in [6.45, 7) is 1.32. The number of rotatable bonds is 6. The molecule has 3 N–H and O–H groups in total. The number of hydrogen-bond donors (Lipinski definition) is 3. The molecule has 0 amide bonds. The average Bonchev–Trinajstić information content (AvgIpc) is 2.77. The van der Waals surface area contributed by atoms with Crippen LogP contribution in [0.3, 0.4) is 0 Å². The minimum atomic E-state index is -1.51. The Kier molecular flexibility index (Phi) is 5.96. The second kappa shape index (κ2) is 8.79. The lowest BCUT2D eigenvalue weighted by Crippen LogP contribution is -2.27. The number of benzene rings is 2. The molecule has 1 aliphatic heterocycles. The molecule has 1 unspecified atom stereocenters. The van der Waals surface area contributed by atoms with Crippen molar-refractivity contribution in [3.05, 3.63) is 60.5 Å². The largest absolute Gasteiger partial charge is 0.593 e. The van der Waals surface area contributed by atoms with Crippen molar-refractivity contribution >= 4 is 17.2 Å². The van der Waals surface area contributed by atoms with E-state index in [0.717, 1.165) is 0 Å². The standard InChI is InChI=1S/C21H20FN3O3S/c22-18-11-14(17-3-1-2-4-20(17)29(27)25-7-9-26)5-6-16(18)15-12-19-21(24-13-15)23-8-10-28-19/h1-6,11-13,25-26H,7-10H2,(H,23,24). The lowest BCUT2D eigenvalue weighted by atomic mass is 10.0. The highest BCUT2D eigenvalue weighted by molar-refractivity contribution is 7.89. The third kappa shape index (κ3) is 4.20. The number of aliphatic hydroxyl groups is 1. The molecule has 3 aromatic rings. The van der Waals surface area contributed by atoms with Gasteiger partial charge in [0.2, 0.25) is 0 Å². The van der Waals surface area contributed by atoms with Crippen molar-refractivity contribution in [1.29, 1.82) is 0 Å². The predicted molar refractivity (Wildman–Crippen MR) is 111 cm³/mol. The van der Waals surface area contributed by atoms with Crippen molar-refractivity contribution in [2.45, 2.75) is 4.90 Å². The normalized spacial score (nSPS) is 13.9. The van der Waals surface area contributed by atoms with Crippen molar-refractivity contribution in [2.75, 3.05) is 31.6 Å². The van der Waals surface area contributed by atoms with Crippen LogP contribution in [0.15, 0.2) is 59.6 Å². The van der Waals surface area contributed by atoms with Gasteiger partial charge in [-0.3, -0.25) is 0 Å². The molecule has 6 nitrogen and oxygen atoms in total. The van der Waals surface area contributed by atoms with Crippen LogP contribution >= 0.6 is 0 Å². The van der Waals surface area contributed by atoms with Crippen molar-refractivity contribution in [3.63, 3.8) is 0 Å². The Morgan fingerprint density at radius 2 is 2.03 bits per heavy atom. The summed E-state index contributed by atoms with van der Waals surface area (Å²) in [5.74, 6) is 0.855. The Hall–Kier alpha value is -2.65. The number of ether oxygens (including phenoxy) is 1. The predicted octanol–water partition coefficient (Wildman–Crippen LogP) is 2.96. The molecule has 2 aromatic carbocycles. The molecule has 2 heterocycles. The highest BCUT2D eigenvalue weighted by Gasteiger charge is 2.19. The fraction of sp³-hybridized carbons (Fsp3) is 0.190. The molecule has 1 atom stereocenters. The summed E-state index contributed by atoms with van der Waals surface area (Å²) in [6.07, 6.45) is 1.61. The van der Waals surface area contributed by atoms with Crippen LogP contribution in [0.4, 0.5) is 10.2 Å². The molecule has 0 radical (unpaired) electrons. The molecule has 0 bridgehead atoms. The van der Waals surface area contributed by atoms with Crippen molar-refractivity contribution in [2.24, 2.45) is 0 Å². The van der Waals surface area contributed by atoms with E-state index in [9.17, 15) is 8.94 Å². The maximum Gasteiger partial charge on any atom is 0.181 e. The third-order valence-corrected chi connectivity index (χ3v) is 5.75. The fourth-order valence-electron chi connectivity index (χ4n) is 3.16. The van der Waals surface area contributed by atoms with E-state index in [1.807, 2.05) is 6.07 Å². The monoisotopic (exact) mass is 413 g/mol. The summed E-state index contributed by atoms with van der Waals surface area (Å²) in [5, 5.41) is 12.1. The fourth-order valence-corrected chi connectivity index (χ4v) is 4.18. The first kappa shape index (κ1) is 19.7. The molecular weight excluding hydrogens is 393 g/mol. The van der Waals surface area contributed by atoms with Gasteiger partial charge in [0.05, 0.1) is 31.1 Å². The number of anilines is 1. The first-order chi connectivity index (χ1) is 14.2. The van der Waals surface area contributed by atoms with E-state index < -0.39 is 17.2 Å². The van der Waals surface area contributed by atoms with Gasteiger partial charge in [-0.05, 0) is 29.8 Å². The van der Waals surface area contributed by atoms with Crippen molar-refractivity contribution in [1.82, 2.24) is 9.71 Å². The second-order valence-electron chi connectivity index (χ2n) is 6.42. The van der Waals surface area contributed by atoms with Crippen LogP contribution < -0.4 is 14.8 Å². The van der Waals surface area contributed by atoms with Crippen molar-refractivity contribution < 1.29 is 18.8 Å². The van der Waals surface area contributed by atoms with Gasteiger partial charge in [-0.2, -0.15) is 0 Å². The average molecular weight is 413 g/mol. The van der Waals surface area contributed by atoms with Crippen LogP contribution in [0.2, 0.25) is 0 Å². The highest BCUT2D eigenvalue weighted by atomic mass is 32.2. The summed E-state index contributed by atoms with van der Waals surface area (Å²) in [5.41, 5.74) is 2.32. The molecule has 0 fully saturated rings. The van der Waals surface area contributed by atoms with Gasteiger partial charge < -0.3 is 19.7 Å². The lowest BCUT2D eigenvalue weighted by molar-refractivity contribution is 0.301. The molecule has 8 heteroatoms. The molecule has 4 rings (SSSR count). The molecule has 0 aliphatic carbocycles. The van der Waals surface area contributed by atoms with Crippen LogP contribution in [0, 0.1) is 5.82 Å². The summed E-state index contributed by atoms with van der Waals surface area (Å²) >= 11 is -1.51. The van der Waals surface area contributed by atoms with Gasteiger partial charge >= 0.3 is 0 Å². The van der Waals surface area contributed by atoms with Gasteiger partial charge in [-0.1, -0.05) is 24.3 Å². The summed E-state index contributed by atoms with van der Waals surface area (Å²) in [7, 11) is 0. The Balaban J connectivity index is 1.67. The van der Waals surface area contributed by atoms with E-state index in [0.29, 0.717) is 51.9 Å². The van der Waals surface area contributed by atoms with Crippen LogP contribution in [0.5, 0.6) is 5.75 Å². The van der Waals surface area contributed by atoms with Gasteiger partial charge in [0, 0.05) is 22.9 Å². The number of aliphatic hydroxyl groups excluding tert-OH is 1. The number of nitrogens with one attached hydrogen (secondary N) is 2. The molecule has 1 aromatic heterocycles. The lowest BCUT2D eigenvalue weighted by Gasteiger charge is -2.18. The van der Waals surface area contributed by atoms with Gasteiger partial charge in [0.15, 0.2) is 16.5 Å². The minimum absolute atomic E-state index is 0.120. The van der Waals surface area contributed by atoms with Crippen LogP contribution in [0.1, 0.15) is 0 Å². The Labute approximate surface area is 171 Å². The van der Waals surface area contributed by atoms with Gasteiger partial charge in [0.25, 0.3) is 0 Å². The molecular formula is C21H20FN3O3S. The van der Waals surface area contributed by atoms with Crippen LogP contribution in [-0.2, 0) is 11.4 Å². The van der Waals surface area contributed by atoms with Gasteiger partial charge in [0.1, 0.15) is 12.4 Å². The smallest absolute Gasteiger partial charge is 0.181 e. The Morgan fingerprint density at radius 1 is 1.17 bits per heavy atom. The first-order valence-electron chi connectivity index (χ1n) is 9.19. The summed E-state index contributed by atoms with van der Waals surface area (Å²) in [4.78, 5) is 4.84. The minimum Gasteiger partial charge on any atom is -0.593 e. The number of halogens is 1. The van der Waals surface area contributed by atoms with E-state index in [4.69, 9.17) is 9.84 Å². The number of pyridine rings is 1. The molecule has 0 saturated carbocycles. The van der Waals surface area contributed by atoms with Crippen molar-refractivity contribution in [3.8, 4) is 28.0 Å². The quantitative estimate of drug-likeness (QED) is 0.539. The van der Waals surface area contributed by atoms with E-state index in [-0.39, 0.29) is 13.2 Å². The van der Waals surface area contributed by atoms with Crippen LogP contribution in [-0.4, -0.2) is 40.9 Å². The Bertz CT molecular complexity index is 1020.